The molecule has 1 atom stereocenters. The quantitative estimate of drug-likeness (QED) is 0.684. The van der Waals surface area contributed by atoms with E-state index in [2.05, 4.69) is 0 Å². The van der Waals surface area contributed by atoms with Crippen LogP contribution in [-0.2, 0) is 4.79 Å². The lowest BCUT2D eigenvalue weighted by molar-refractivity contribution is -0.191. The average molecular weight is 235 g/mol. The van der Waals surface area contributed by atoms with E-state index in [4.69, 9.17) is 0 Å². The maximum atomic E-state index is 12.4. The number of hydrogen-bond acceptors (Lipinski definition) is 1. The van der Waals surface area contributed by atoms with Crippen LogP contribution in [0.4, 0.5) is 13.2 Å². The van der Waals surface area contributed by atoms with Crippen molar-refractivity contribution >= 4 is 5.91 Å². The second-order valence-electron chi connectivity index (χ2n) is 4.95. The molecule has 1 heterocycles. The summed E-state index contributed by atoms with van der Waals surface area (Å²) >= 11 is 0. The summed E-state index contributed by atoms with van der Waals surface area (Å²) in [6.07, 6.45) is -0.690. The lowest BCUT2D eigenvalue weighted by atomic mass is 9.89. The highest BCUT2D eigenvalue weighted by Crippen LogP contribution is 2.50. The third kappa shape index (κ3) is 1.92. The molecule has 2 nitrogen and oxygen atoms in total. The molecule has 5 heteroatoms. The van der Waals surface area contributed by atoms with E-state index in [1.807, 2.05) is 6.92 Å². The molecule has 2 fully saturated rings. The Morgan fingerprint density at radius 3 is 2.44 bits per heavy atom. The Balaban J connectivity index is 2.13. The fraction of sp³-hybridized carbons (Fsp3) is 0.909. The number of nitrogens with zero attached hydrogens (tertiary/aromatic N) is 1. The molecule has 2 aliphatic rings. The Hall–Kier alpha value is -0.740. The number of rotatable bonds is 1. The number of alkyl halides is 3. The maximum absolute atomic E-state index is 12.4. The van der Waals surface area contributed by atoms with E-state index in [1.165, 1.54) is 0 Å². The van der Waals surface area contributed by atoms with Crippen LogP contribution in [0.15, 0.2) is 0 Å². The Kier molecular flexibility index (Phi) is 2.67. The lowest BCUT2D eigenvalue weighted by Gasteiger charge is -2.40. The van der Waals surface area contributed by atoms with Crippen LogP contribution in [0, 0.1) is 5.92 Å². The summed E-state index contributed by atoms with van der Waals surface area (Å²) in [5.41, 5.74) is -0.432. The van der Waals surface area contributed by atoms with E-state index in [-0.39, 0.29) is 12.5 Å². The summed E-state index contributed by atoms with van der Waals surface area (Å²) < 4.78 is 37.3. The second kappa shape index (κ2) is 3.64. The zero-order valence-electron chi connectivity index (χ0n) is 9.31. The highest BCUT2D eigenvalue weighted by molar-refractivity contribution is 5.83. The summed E-state index contributed by atoms with van der Waals surface area (Å²) in [6.45, 7) is 2.25. The monoisotopic (exact) mass is 235 g/mol. The maximum Gasteiger partial charge on any atom is 0.471 e. The van der Waals surface area contributed by atoms with Gasteiger partial charge in [-0.2, -0.15) is 13.2 Å². The largest absolute Gasteiger partial charge is 0.471 e. The van der Waals surface area contributed by atoms with Crippen LogP contribution >= 0.6 is 0 Å². The van der Waals surface area contributed by atoms with Gasteiger partial charge in [-0.05, 0) is 31.6 Å². The number of amides is 1. The average Bonchev–Trinajstić information content (AvgIpc) is 2.97. The van der Waals surface area contributed by atoms with Crippen molar-refractivity contribution < 1.29 is 18.0 Å². The van der Waals surface area contributed by atoms with E-state index in [1.54, 1.807) is 0 Å². The van der Waals surface area contributed by atoms with E-state index in [0.29, 0.717) is 0 Å². The van der Waals surface area contributed by atoms with Crippen LogP contribution < -0.4 is 0 Å². The predicted octanol–water partition coefficient (Wildman–Crippen LogP) is 2.73. The molecule has 2 rings (SSSR count). The van der Waals surface area contributed by atoms with Gasteiger partial charge in [0.1, 0.15) is 0 Å². The van der Waals surface area contributed by atoms with Gasteiger partial charge in [-0.3, -0.25) is 4.79 Å². The molecule has 0 bridgehead atoms. The topological polar surface area (TPSA) is 20.3 Å². The molecule has 0 unspecified atom stereocenters. The zero-order chi connectivity index (χ0) is 12.0. The fourth-order valence-electron chi connectivity index (χ4n) is 2.60. The Morgan fingerprint density at radius 1 is 1.38 bits per heavy atom. The molecular formula is C11H16F3NO. The minimum absolute atomic E-state index is 0.234. The predicted molar refractivity (Wildman–Crippen MR) is 52.7 cm³/mol. The Labute approximate surface area is 92.8 Å². The molecule has 0 radical (unpaired) electrons. The van der Waals surface area contributed by atoms with Gasteiger partial charge in [0.15, 0.2) is 0 Å². The summed E-state index contributed by atoms with van der Waals surface area (Å²) in [5, 5.41) is 0. The normalized spacial score (nSPS) is 28.2. The molecule has 16 heavy (non-hydrogen) atoms. The molecule has 0 aromatic carbocycles. The first-order valence-corrected chi connectivity index (χ1v) is 5.78. The van der Waals surface area contributed by atoms with E-state index in [9.17, 15) is 18.0 Å². The number of carbonyl (C=O) groups excluding carboxylic acids is 1. The highest BCUT2D eigenvalue weighted by atomic mass is 19.4. The molecule has 1 aliphatic carbocycles. The summed E-state index contributed by atoms with van der Waals surface area (Å²) in [7, 11) is 0. The third-order valence-electron chi connectivity index (χ3n) is 3.92. The van der Waals surface area contributed by atoms with E-state index >= 15 is 0 Å². The van der Waals surface area contributed by atoms with Gasteiger partial charge in [-0.25, -0.2) is 0 Å². The minimum Gasteiger partial charge on any atom is -0.329 e. The van der Waals surface area contributed by atoms with Gasteiger partial charge in [0.2, 0.25) is 0 Å². The van der Waals surface area contributed by atoms with Crippen LogP contribution in [0.1, 0.15) is 39.0 Å². The molecule has 0 aromatic rings. The van der Waals surface area contributed by atoms with Crippen molar-refractivity contribution in [2.24, 2.45) is 5.92 Å². The Morgan fingerprint density at radius 2 is 2.00 bits per heavy atom. The lowest BCUT2D eigenvalue weighted by Crippen LogP contribution is -2.53. The van der Waals surface area contributed by atoms with Gasteiger partial charge in [0.05, 0.1) is 0 Å². The van der Waals surface area contributed by atoms with Crippen molar-refractivity contribution in [2.45, 2.75) is 50.7 Å². The van der Waals surface area contributed by atoms with Gasteiger partial charge in [0, 0.05) is 12.1 Å². The van der Waals surface area contributed by atoms with Crippen LogP contribution in [0.5, 0.6) is 0 Å². The van der Waals surface area contributed by atoms with Crippen LogP contribution in [0.25, 0.3) is 0 Å². The van der Waals surface area contributed by atoms with Gasteiger partial charge >= 0.3 is 12.1 Å². The van der Waals surface area contributed by atoms with E-state index < -0.39 is 17.6 Å². The smallest absolute Gasteiger partial charge is 0.329 e. The van der Waals surface area contributed by atoms with Gasteiger partial charge in [-0.1, -0.05) is 13.3 Å². The molecular weight excluding hydrogens is 219 g/mol. The number of hydrogen-bond donors (Lipinski definition) is 0. The van der Waals surface area contributed by atoms with Crippen LogP contribution in [0.2, 0.25) is 0 Å². The number of likely N-dealkylation sites (tertiary alicyclic amines) is 1. The van der Waals surface area contributed by atoms with Gasteiger partial charge in [-0.15, -0.1) is 0 Å². The first kappa shape index (κ1) is 11.7. The minimum atomic E-state index is -4.72. The summed E-state index contributed by atoms with van der Waals surface area (Å²) in [5.74, 6) is -1.40. The fourth-order valence-corrected chi connectivity index (χ4v) is 2.60. The van der Waals surface area contributed by atoms with Crippen LogP contribution in [-0.4, -0.2) is 29.1 Å². The van der Waals surface area contributed by atoms with Crippen molar-refractivity contribution in [3.05, 3.63) is 0 Å². The van der Waals surface area contributed by atoms with E-state index in [0.717, 1.165) is 37.0 Å². The van der Waals surface area contributed by atoms with Crippen molar-refractivity contribution in [3.63, 3.8) is 0 Å². The molecule has 1 amide bonds. The summed E-state index contributed by atoms with van der Waals surface area (Å²) in [4.78, 5) is 12.4. The number of halogens is 3. The van der Waals surface area contributed by atoms with Crippen molar-refractivity contribution in [2.75, 3.05) is 6.54 Å². The first-order chi connectivity index (χ1) is 7.39. The molecule has 0 N–H and O–H groups in total. The molecule has 0 aromatic heterocycles. The SMILES string of the molecule is CC[C@@H]1CCC2(CC2)N(C(=O)C(F)(F)F)C1. The molecule has 1 saturated carbocycles. The number of carbonyl (C=O) groups is 1. The summed E-state index contributed by atoms with van der Waals surface area (Å²) in [6, 6.07) is 0. The number of piperidine rings is 1. The third-order valence-corrected chi connectivity index (χ3v) is 3.92. The Bertz CT molecular complexity index is 296. The molecule has 1 aliphatic heterocycles. The van der Waals surface area contributed by atoms with Crippen molar-refractivity contribution in [3.8, 4) is 0 Å². The molecule has 1 saturated heterocycles. The standard InChI is InChI=1S/C11H16F3NO/c1-2-8-3-4-10(5-6-10)15(7-8)9(16)11(12,13)14/h8H,2-7H2,1H3/t8-/m1/s1. The van der Waals surface area contributed by atoms with Gasteiger partial charge in [0.25, 0.3) is 0 Å². The molecule has 1 spiro atoms. The van der Waals surface area contributed by atoms with Crippen molar-refractivity contribution in [1.82, 2.24) is 4.90 Å². The second-order valence-corrected chi connectivity index (χ2v) is 4.95. The first-order valence-electron chi connectivity index (χ1n) is 5.78. The zero-order valence-corrected chi connectivity index (χ0v) is 9.31. The van der Waals surface area contributed by atoms with Crippen LogP contribution in [0.3, 0.4) is 0 Å². The van der Waals surface area contributed by atoms with Gasteiger partial charge < -0.3 is 4.90 Å². The van der Waals surface area contributed by atoms with Crippen molar-refractivity contribution in [1.29, 1.82) is 0 Å². The molecule has 92 valence electrons. The highest BCUT2D eigenvalue weighted by Gasteiger charge is 2.57.